The summed E-state index contributed by atoms with van der Waals surface area (Å²) < 4.78 is 6.07. The van der Waals surface area contributed by atoms with Gasteiger partial charge in [-0.05, 0) is 64.9 Å². The average molecular weight is 377 g/mol. The third-order valence-electron chi connectivity index (χ3n) is 4.52. The van der Waals surface area contributed by atoms with Crippen molar-refractivity contribution in [3.8, 4) is 16.9 Å². The van der Waals surface area contributed by atoms with Crippen molar-refractivity contribution in [2.24, 2.45) is 5.73 Å². The molecule has 28 heavy (non-hydrogen) atoms. The Hall–Kier alpha value is -3.11. The summed E-state index contributed by atoms with van der Waals surface area (Å²) in [6.45, 7) is 5.17. The van der Waals surface area contributed by atoms with Gasteiger partial charge in [0.05, 0.1) is 0 Å². The lowest BCUT2D eigenvalue weighted by Crippen LogP contribution is -1.99. The summed E-state index contributed by atoms with van der Waals surface area (Å²) >= 11 is 0. The van der Waals surface area contributed by atoms with Gasteiger partial charge >= 0.3 is 0 Å². The average Bonchev–Trinajstić information content (AvgIpc) is 2.74. The van der Waals surface area contributed by atoms with Crippen LogP contribution in [0.25, 0.3) is 11.1 Å². The smallest absolute Gasteiger partial charge is 0.290 e. The summed E-state index contributed by atoms with van der Waals surface area (Å²) in [4.78, 5) is 8.36. The fourth-order valence-electron chi connectivity index (χ4n) is 3.03. The Kier molecular flexibility index (Phi) is 8.25. The summed E-state index contributed by atoms with van der Waals surface area (Å²) in [7, 11) is 0. The third-order valence-corrected chi connectivity index (χ3v) is 4.52. The molecule has 3 N–H and O–H groups in total. The van der Waals surface area contributed by atoms with Crippen molar-refractivity contribution in [3.05, 3.63) is 89.0 Å². The van der Waals surface area contributed by atoms with Crippen LogP contribution in [0.3, 0.4) is 0 Å². The van der Waals surface area contributed by atoms with Crippen LogP contribution in [-0.2, 0) is 24.4 Å². The van der Waals surface area contributed by atoms with Crippen LogP contribution in [-0.4, -0.2) is 11.6 Å². The summed E-state index contributed by atoms with van der Waals surface area (Å²) in [5.41, 5.74) is 13.0. The van der Waals surface area contributed by atoms with Gasteiger partial charge in [-0.3, -0.25) is 4.79 Å². The highest BCUT2D eigenvalue weighted by Crippen LogP contribution is 2.26. The molecule has 0 fully saturated rings. The van der Waals surface area contributed by atoms with Crippen LogP contribution in [0.5, 0.6) is 5.75 Å². The zero-order valence-corrected chi connectivity index (χ0v) is 16.4. The normalized spacial score (nSPS) is 9.96. The molecule has 146 valence electrons. The molecule has 3 aromatic carbocycles. The quantitative estimate of drug-likeness (QED) is 0.595. The predicted molar refractivity (Wildman–Crippen MR) is 113 cm³/mol. The number of carbonyl (C=O) groups is 1. The highest BCUT2D eigenvalue weighted by atomic mass is 16.5. The summed E-state index contributed by atoms with van der Waals surface area (Å²) in [5.74, 6) is 0.970. The molecular weight excluding hydrogens is 350 g/mol. The summed E-state index contributed by atoms with van der Waals surface area (Å²) in [5, 5.41) is 6.89. The maximum Gasteiger partial charge on any atom is 0.290 e. The monoisotopic (exact) mass is 377 g/mol. The topological polar surface area (TPSA) is 72.5 Å². The molecule has 0 aromatic heterocycles. The van der Waals surface area contributed by atoms with Gasteiger partial charge in [0, 0.05) is 6.54 Å². The van der Waals surface area contributed by atoms with E-state index in [-0.39, 0.29) is 6.47 Å². The van der Waals surface area contributed by atoms with Crippen molar-refractivity contribution < 1.29 is 14.6 Å². The second kappa shape index (κ2) is 10.9. The molecule has 0 heterocycles. The molecule has 0 aliphatic rings. The van der Waals surface area contributed by atoms with Gasteiger partial charge in [-0.2, -0.15) is 0 Å². The van der Waals surface area contributed by atoms with Crippen LogP contribution in [0.2, 0.25) is 0 Å². The third kappa shape index (κ3) is 5.69. The van der Waals surface area contributed by atoms with Gasteiger partial charge in [-0.1, -0.05) is 55.5 Å². The minimum Gasteiger partial charge on any atom is -0.489 e. The highest BCUT2D eigenvalue weighted by molar-refractivity contribution is 5.68. The van der Waals surface area contributed by atoms with Crippen molar-refractivity contribution in [3.63, 3.8) is 0 Å². The molecule has 0 radical (unpaired) electrons. The molecule has 0 unspecified atom stereocenters. The van der Waals surface area contributed by atoms with Crippen LogP contribution in [0.4, 0.5) is 0 Å². The molecule has 0 saturated heterocycles. The van der Waals surface area contributed by atoms with E-state index in [1.165, 1.54) is 27.8 Å². The molecule has 0 bridgehead atoms. The first kappa shape index (κ1) is 21.2. The number of hydrogen-bond donors (Lipinski definition) is 2. The first-order chi connectivity index (χ1) is 13.6. The Morgan fingerprint density at radius 2 is 1.75 bits per heavy atom. The van der Waals surface area contributed by atoms with Crippen LogP contribution < -0.4 is 10.5 Å². The largest absolute Gasteiger partial charge is 0.489 e. The predicted octanol–water partition coefficient (Wildman–Crippen LogP) is 4.96. The van der Waals surface area contributed by atoms with Crippen molar-refractivity contribution >= 4 is 6.47 Å². The fourth-order valence-corrected chi connectivity index (χ4v) is 3.03. The number of nitrogens with two attached hydrogens (primary N) is 1. The maximum absolute atomic E-state index is 8.36. The van der Waals surface area contributed by atoms with E-state index < -0.39 is 0 Å². The molecule has 0 atom stereocenters. The molecule has 3 rings (SSSR count). The molecule has 0 saturated carbocycles. The molecule has 0 amide bonds. The summed E-state index contributed by atoms with van der Waals surface area (Å²) in [6, 6.07) is 23.2. The maximum atomic E-state index is 8.36. The van der Waals surface area contributed by atoms with Crippen LogP contribution in [0.15, 0.2) is 66.7 Å². The minimum absolute atomic E-state index is 0.250. The fraction of sp³-hybridized carbons (Fsp3) is 0.208. The first-order valence-electron chi connectivity index (χ1n) is 9.30. The van der Waals surface area contributed by atoms with E-state index in [0.29, 0.717) is 13.2 Å². The highest BCUT2D eigenvalue weighted by Gasteiger charge is 2.06. The van der Waals surface area contributed by atoms with Gasteiger partial charge in [0.2, 0.25) is 0 Å². The number of para-hydroxylation sites is 1. The van der Waals surface area contributed by atoms with Crippen molar-refractivity contribution in [2.75, 3.05) is 0 Å². The second-order valence-electron chi connectivity index (χ2n) is 6.41. The Balaban J connectivity index is 0.000000878. The van der Waals surface area contributed by atoms with Crippen LogP contribution in [0, 0.1) is 6.92 Å². The molecule has 0 spiro atoms. The number of carboxylic acid groups (broad SMARTS) is 1. The van der Waals surface area contributed by atoms with Crippen molar-refractivity contribution in [2.45, 2.75) is 33.4 Å². The standard InChI is InChI=1S/C23H25NO.CH2O2/c1-3-20-8-4-5-10-23(20)25-16-19-12-11-17(2)22(14-19)21-9-6-7-18(13-21)15-24;2-1-3/h4-14H,3,15-16,24H2,1-2H3;1H,(H,2,3). The number of benzene rings is 3. The lowest BCUT2D eigenvalue weighted by atomic mass is 9.97. The van der Waals surface area contributed by atoms with Gasteiger partial charge in [-0.15, -0.1) is 0 Å². The lowest BCUT2D eigenvalue weighted by Gasteiger charge is -2.13. The van der Waals surface area contributed by atoms with Gasteiger partial charge in [0.15, 0.2) is 0 Å². The second-order valence-corrected chi connectivity index (χ2v) is 6.41. The zero-order chi connectivity index (χ0) is 20.4. The first-order valence-corrected chi connectivity index (χ1v) is 9.30. The Bertz CT molecular complexity index is 906. The minimum atomic E-state index is -0.250. The molecule has 4 nitrogen and oxygen atoms in total. The van der Waals surface area contributed by atoms with Crippen molar-refractivity contribution in [1.82, 2.24) is 0 Å². The molecule has 3 aromatic rings. The van der Waals surface area contributed by atoms with E-state index in [2.05, 4.69) is 68.4 Å². The molecule has 4 heteroatoms. The molecular formula is C24H27NO3. The van der Waals surface area contributed by atoms with Gasteiger partial charge in [-0.25, -0.2) is 0 Å². The van der Waals surface area contributed by atoms with Crippen LogP contribution >= 0.6 is 0 Å². The zero-order valence-electron chi connectivity index (χ0n) is 16.4. The van der Waals surface area contributed by atoms with E-state index in [1.54, 1.807) is 0 Å². The number of aryl methyl sites for hydroxylation is 2. The number of ether oxygens (including phenoxy) is 1. The molecule has 0 aliphatic heterocycles. The van der Waals surface area contributed by atoms with E-state index in [1.807, 2.05) is 12.1 Å². The lowest BCUT2D eigenvalue weighted by molar-refractivity contribution is -0.122. The van der Waals surface area contributed by atoms with Crippen molar-refractivity contribution in [1.29, 1.82) is 0 Å². The Morgan fingerprint density at radius 1 is 1.00 bits per heavy atom. The van der Waals surface area contributed by atoms with Gasteiger partial charge in [0.1, 0.15) is 12.4 Å². The SMILES string of the molecule is CCc1ccccc1OCc1ccc(C)c(-c2cccc(CN)c2)c1.O=CO. The van der Waals surface area contributed by atoms with E-state index in [9.17, 15) is 0 Å². The van der Waals surface area contributed by atoms with Crippen LogP contribution in [0.1, 0.15) is 29.2 Å². The number of hydrogen-bond acceptors (Lipinski definition) is 3. The van der Waals surface area contributed by atoms with E-state index in [4.69, 9.17) is 20.4 Å². The van der Waals surface area contributed by atoms with Gasteiger partial charge in [0.25, 0.3) is 6.47 Å². The Labute approximate surface area is 166 Å². The number of rotatable bonds is 6. The van der Waals surface area contributed by atoms with E-state index in [0.717, 1.165) is 17.7 Å². The van der Waals surface area contributed by atoms with E-state index >= 15 is 0 Å². The Morgan fingerprint density at radius 3 is 2.46 bits per heavy atom. The summed E-state index contributed by atoms with van der Waals surface area (Å²) in [6.07, 6.45) is 0.973. The van der Waals surface area contributed by atoms with Gasteiger partial charge < -0.3 is 15.6 Å². The molecule has 0 aliphatic carbocycles.